The van der Waals surface area contributed by atoms with Gasteiger partial charge in [-0.25, -0.2) is 20.8 Å². The molecule has 0 spiro atoms. The summed E-state index contributed by atoms with van der Waals surface area (Å²) in [6.45, 7) is 8.81. The fourth-order valence-electron chi connectivity index (χ4n) is 3.94. The zero-order valence-electron chi connectivity index (χ0n) is 20.7. The zero-order chi connectivity index (χ0) is 24.0. The highest BCUT2D eigenvalue weighted by atomic mass is 16.5. The first-order valence-corrected chi connectivity index (χ1v) is 11.9. The van der Waals surface area contributed by atoms with Gasteiger partial charge in [0.25, 0.3) is 0 Å². The quantitative estimate of drug-likeness (QED) is 0.406. The Bertz CT molecular complexity index is 959. The maximum Gasteiger partial charge on any atom is 0.223 e. The van der Waals surface area contributed by atoms with Crippen LogP contribution in [0.4, 0.5) is 5.95 Å². The summed E-state index contributed by atoms with van der Waals surface area (Å²) in [6.07, 6.45) is 8.79. The zero-order valence-corrected chi connectivity index (χ0v) is 20.7. The molecule has 5 N–H and O–H groups in total. The molecule has 180 valence electrons. The molecule has 0 radical (unpaired) electrons. The fraction of sp³-hybridized carbons (Fsp3) is 0.560. The van der Waals surface area contributed by atoms with Gasteiger partial charge in [0.2, 0.25) is 5.95 Å². The van der Waals surface area contributed by atoms with Crippen LogP contribution in [0.3, 0.4) is 0 Å². The average Bonchev–Trinajstić information content (AvgIpc) is 2.79. The highest BCUT2D eigenvalue weighted by Gasteiger charge is 2.19. The van der Waals surface area contributed by atoms with Crippen molar-refractivity contribution in [1.29, 1.82) is 0 Å². The lowest BCUT2D eigenvalue weighted by Crippen LogP contribution is -2.32. The van der Waals surface area contributed by atoms with Crippen LogP contribution in [0, 0.1) is 0 Å². The van der Waals surface area contributed by atoms with Crippen LogP contribution in [0.25, 0.3) is 5.70 Å². The van der Waals surface area contributed by atoms with Crippen molar-refractivity contribution in [2.24, 2.45) is 11.6 Å². The fourth-order valence-corrected chi connectivity index (χ4v) is 3.94. The minimum Gasteiger partial charge on any atom is -0.489 e. The third-order valence-corrected chi connectivity index (χ3v) is 5.96. The van der Waals surface area contributed by atoms with Crippen LogP contribution < -0.4 is 21.6 Å². The molecule has 0 amide bonds. The SMILES string of the molecule is CCc1nc(/C(N)=C(\CNc2nccc(C(C)(C)C)n2)N(C)N)ccc1OC1CCCCC1. The second-order valence-corrected chi connectivity index (χ2v) is 9.71. The summed E-state index contributed by atoms with van der Waals surface area (Å²) < 4.78 is 6.28. The number of aromatic nitrogens is 3. The maximum absolute atomic E-state index is 6.54. The standard InChI is InChI=1S/C25H39N7O/c1-6-18-21(33-17-10-8-7-9-11-17)13-12-19(30-18)23(26)20(32(5)27)16-29-24-28-15-14-22(31-24)25(2,3)4/h12-15,17H,6-11,16,26-27H2,1-5H3,(H,28,29,31)/b23-20-. The second kappa shape index (κ2) is 10.8. The first kappa shape index (κ1) is 24.8. The Hall–Kier alpha value is -2.87. The van der Waals surface area contributed by atoms with E-state index in [1.54, 1.807) is 13.2 Å². The maximum atomic E-state index is 6.54. The van der Waals surface area contributed by atoms with Gasteiger partial charge in [-0.2, -0.15) is 0 Å². The molecule has 33 heavy (non-hydrogen) atoms. The van der Waals surface area contributed by atoms with Crippen molar-refractivity contribution >= 4 is 11.6 Å². The molecule has 8 heteroatoms. The summed E-state index contributed by atoms with van der Waals surface area (Å²) in [7, 11) is 1.76. The molecule has 1 fully saturated rings. The van der Waals surface area contributed by atoms with E-state index in [4.69, 9.17) is 21.3 Å². The van der Waals surface area contributed by atoms with Gasteiger partial charge in [-0.05, 0) is 50.3 Å². The molecule has 2 heterocycles. The first-order valence-electron chi connectivity index (χ1n) is 11.9. The van der Waals surface area contributed by atoms with Crippen molar-refractivity contribution in [2.45, 2.75) is 77.7 Å². The summed E-state index contributed by atoms with van der Waals surface area (Å²) >= 11 is 0. The van der Waals surface area contributed by atoms with Crippen molar-refractivity contribution in [3.8, 4) is 5.75 Å². The summed E-state index contributed by atoms with van der Waals surface area (Å²) in [5.74, 6) is 7.52. The third-order valence-electron chi connectivity index (χ3n) is 5.96. The predicted molar refractivity (Wildman–Crippen MR) is 133 cm³/mol. The number of hydrogen-bond acceptors (Lipinski definition) is 8. The highest BCUT2D eigenvalue weighted by molar-refractivity contribution is 5.64. The lowest BCUT2D eigenvalue weighted by atomic mass is 9.92. The Morgan fingerprint density at radius 3 is 2.52 bits per heavy atom. The van der Waals surface area contributed by atoms with Crippen molar-refractivity contribution in [2.75, 3.05) is 18.9 Å². The lowest BCUT2D eigenvalue weighted by molar-refractivity contribution is 0.153. The minimum absolute atomic E-state index is 0.0658. The molecule has 1 aliphatic carbocycles. The third kappa shape index (κ3) is 6.57. The number of pyridine rings is 1. The van der Waals surface area contributed by atoms with E-state index in [1.165, 1.54) is 24.3 Å². The van der Waals surface area contributed by atoms with E-state index in [0.29, 0.717) is 29.6 Å². The van der Waals surface area contributed by atoms with E-state index in [-0.39, 0.29) is 11.5 Å². The number of nitrogens with two attached hydrogens (primary N) is 2. The molecule has 1 aliphatic rings. The van der Waals surface area contributed by atoms with E-state index in [1.807, 2.05) is 18.2 Å². The summed E-state index contributed by atoms with van der Waals surface area (Å²) in [4.78, 5) is 13.8. The van der Waals surface area contributed by atoms with Crippen LogP contribution in [0.15, 0.2) is 30.1 Å². The van der Waals surface area contributed by atoms with E-state index >= 15 is 0 Å². The Morgan fingerprint density at radius 2 is 1.88 bits per heavy atom. The Labute approximate surface area is 197 Å². The molecule has 3 rings (SSSR count). The number of rotatable bonds is 8. The summed E-state index contributed by atoms with van der Waals surface area (Å²) in [5.41, 5.74) is 10.2. The van der Waals surface area contributed by atoms with Gasteiger partial charge in [0, 0.05) is 18.7 Å². The van der Waals surface area contributed by atoms with E-state index in [2.05, 4.69) is 43.0 Å². The molecular weight excluding hydrogens is 414 g/mol. The molecule has 8 nitrogen and oxygen atoms in total. The van der Waals surface area contributed by atoms with Crippen LogP contribution in [-0.4, -0.2) is 39.7 Å². The molecule has 0 unspecified atom stereocenters. The van der Waals surface area contributed by atoms with Crippen molar-refractivity contribution in [3.05, 3.63) is 47.2 Å². The molecule has 2 aromatic rings. The normalized spacial score (nSPS) is 15.7. The molecule has 1 saturated carbocycles. The topological polar surface area (TPSA) is 115 Å². The van der Waals surface area contributed by atoms with Crippen LogP contribution in [0.1, 0.15) is 76.9 Å². The van der Waals surface area contributed by atoms with E-state index in [9.17, 15) is 0 Å². The average molecular weight is 454 g/mol. The molecular formula is C25H39N7O. The van der Waals surface area contributed by atoms with E-state index in [0.717, 1.165) is 36.4 Å². The van der Waals surface area contributed by atoms with Gasteiger partial charge in [-0.15, -0.1) is 0 Å². The largest absolute Gasteiger partial charge is 0.489 e. The Kier molecular flexibility index (Phi) is 8.13. The van der Waals surface area contributed by atoms with Crippen molar-refractivity contribution in [1.82, 2.24) is 20.0 Å². The number of nitrogens with zero attached hydrogens (tertiary/aromatic N) is 4. The smallest absolute Gasteiger partial charge is 0.223 e. The van der Waals surface area contributed by atoms with Crippen LogP contribution in [0.2, 0.25) is 0 Å². The number of nitrogens with one attached hydrogen (secondary N) is 1. The number of aryl methyl sites for hydroxylation is 1. The number of hydrazine groups is 1. The molecule has 0 aromatic carbocycles. The minimum atomic E-state index is -0.0658. The Balaban J connectivity index is 1.80. The summed E-state index contributed by atoms with van der Waals surface area (Å²) in [5, 5.41) is 4.76. The van der Waals surface area contributed by atoms with Gasteiger partial charge in [-0.1, -0.05) is 34.1 Å². The molecule has 2 aromatic heterocycles. The van der Waals surface area contributed by atoms with Crippen LogP contribution >= 0.6 is 0 Å². The van der Waals surface area contributed by atoms with E-state index < -0.39 is 0 Å². The molecule has 0 atom stereocenters. The monoisotopic (exact) mass is 453 g/mol. The van der Waals surface area contributed by atoms with Crippen molar-refractivity contribution < 1.29 is 4.74 Å². The number of hydrogen-bond donors (Lipinski definition) is 3. The van der Waals surface area contributed by atoms with Gasteiger partial charge in [0.05, 0.1) is 41.1 Å². The number of likely N-dealkylation sites (N-methyl/N-ethyl adjacent to an activating group) is 1. The van der Waals surface area contributed by atoms with Gasteiger partial charge < -0.3 is 20.8 Å². The van der Waals surface area contributed by atoms with Gasteiger partial charge in [0.1, 0.15) is 5.75 Å². The molecule has 0 aliphatic heterocycles. The molecule has 0 saturated heterocycles. The summed E-state index contributed by atoms with van der Waals surface area (Å²) in [6, 6.07) is 5.82. The number of ether oxygens (including phenoxy) is 1. The van der Waals surface area contributed by atoms with Gasteiger partial charge >= 0.3 is 0 Å². The number of anilines is 1. The molecule has 0 bridgehead atoms. The first-order chi connectivity index (χ1) is 15.7. The van der Waals surface area contributed by atoms with Crippen LogP contribution in [-0.2, 0) is 11.8 Å². The van der Waals surface area contributed by atoms with Gasteiger partial charge in [0.15, 0.2) is 0 Å². The Morgan fingerprint density at radius 1 is 1.15 bits per heavy atom. The van der Waals surface area contributed by atoms with Gasteiger partial charge in [-0.3, -0.25) is 0 Å². The highest BCUT2D eigenvalue weighted by Crippen LogP contribution is 2.27. The van der Waals surface area contributed by atoms with Crippen LogP contribution in [0.5, 0.6) is 5.75 Å². The predicted octanol–water partition coefficient (Wildman–Crippen LogP) is 3.99. The lowest BCUT2D eigenvalue weighted by Gasteiger charge is -2.24. The van der Waals surface area contributed by atoms with Crippen molar-refractivity contribution in [3.63, 3.8) is 0 Å². The second-order valence-electron chi connectivity index (χ2n) is 9.71.